The molecule has 0 bridgehead atoms. The van der Waals surface area contributed by atoms with Crippen LogP contribution in [0.4, 0.5) is 11.5 Å². The first-order valence-corrected chi connectivity index (χ1v) is 7.22. The lowest BCUT2D eigenvalue weighted by atomic mass is 10.2. The van der Waals surface area contributed by atoms with Crippen molar-refractivity contribution in [1.29, 1.82) is 0 Å². The van der Waals surface area contributed by atoms with E-state index in [1.54, 1.807) is 49.1 Å². The van der Waals surface area contributed by atoms with E-state index in [-0.39, 0.29) is 11.8 Å². The van der Waals surface area contributed by atoms with Gasteiger partial charge in [-0.1, -0.05) is 6.58 Å². The second-order valence-corrected chi connectivity index (χ2v) is 5.39. The van der Waals surface area contributed by atoms with Crippen LogP contribution in [0.25, 0.3) is 0 Å². The van der Waals surface area contributed by atoms with Crippen molar-refractivity contribution >= 4 is 39.2 Å². The van der Waals surface area contributed by atoms with Gasteiger partial charge in [0.05, 0.1) is 0 Å². The summed E-state index contributed by atoms with van der Waals surface area (Å²) in [5, 5.41) is 6.83. The van der Waals surface area contributed by atoms with Crippen LogP contribution in [0.1, 0.15) is 10.4 Å². The number of hydrogen-bond acceptors (Lipinski definition) is 3. The predicted octanol–water partition coefficient (Wildman–Crippen LogP) is 2.58. The molecule has 114 valence electrons. The molecule has 1 heterocycles. The fourth-order valence-electron chi connectivity index (χ4n) is 1.79. The zero-order valence-electron chi connectivity index (χ0n) is 12.2. The molecule has 0 aliphatic rings. The normalized spacial score (nSPS) is 10.1. The van der Waals surface area contributed by atoms with Crippen LogP contribution < -0.4 is 10.2 Å². The number of benzene rings is 1. The highest BCUT2D eigenvalue weighted by atomic mass is 79.9. The second-order valence-electron chi connectivity index (χ2n) is 4.58. The number of aromatic nitrogens is 2. The molecular weight excluding hydrogens is 348 g/mol. The fraction of sp³-hybridized carbons (Fsp3) is 0.133. The molecule has 7 heteroatoms. The summed E-state index contributed by atoms with van der Waals surface area (Å²) < 4.78 is 2.37. The number of nitrogens with one attached hydrogen (secondary N) is 1. The number of amides is 2. The molecule has 0 radical (unpaired) electrons. The predicted molar refractivity (Wildman–Crippen MR) is 88.9 cm³/mol. The number of nitrogens with zero attached hydrogens (tertiary/aromatic N) is 3. The molecule has 0 aliphatic carbocycles. The Morgan fingerprint density at radius 1 is 1.36 bits per heavy atom. The summed E-state index contributed by atoms with van der Waals surface area (Å²) in [6, 6.07) is 8.41. The van der Waals surface area contributed by atoms with Crippen LogP contribution in [0, 0.1) is 0 Å². The van der Waals surface area contributed by atoms with Crippen molar-refractivity contribution in [1.82, 2.24) is 9.78 Å². The molecule has 2 rings (SSSR count). The second kappa shape index (κ2) is 6.57. The van der Waals surface area contributed by atoms with Crippen molar-refractivity contribution in [3.63, 3.8) is 0 Å². The molecular formula is C15H15BrN4O2. The third-order valence-electron chi connectivity index (χ3n) is 3.09. The maximum atomic E-state index is 12.1. The van der Waals surface area contributed by atoms with Crippen molar-refractivity contribution < 1.29 is 9.59 Å². The Kier molecular flexibility index (Phi) is 4.77. The average molecular weight is 363 g/mol. The molecule has 1 N–H and O–H groups in total. The molecule has 2 aromatic rings. The van der Waals surface area contributed by atoms with E-state index in [2.05, 4.69) is 32.9 Å². The summed E-state index contributed by atoms with van der Waals surface area (Å²) in [5.41, 5.74) is 1.16. The van der Waals surface area contributed by atoms with Gasteiger partial charge in [-0.25, -0.2) is 0 Å². The Labute approximate surface area is 136 Å². The topological polar surface area (TPSA) is 67.2 Å². The van der Waals surface area contributed by atoms with Crippen LogP contribution in [-0.2, 0) is 11.8 Å². The van der Waals surface area contributed by atoms with E-state index in [1.807, 2.05) is 0 Å². The molecule has 6 nitrogen and oxygen atoms in total. The Morgan fingerprint density at radius 3 is 2.50 bits per heavy atom. The largest absolute Gasteiger partial charge is 0.312 e. The number of halogens is 1. The van der Waals surface area contributed by atoms with Gasteiger partial charge in [0.25, 0.3) is 5.91 Å². The third kappa shape index (κ3) is 3.43. The Hall–Kier alpha value is -2.41. The van der Waals surface area contributed by atoms with Crippen molar-refractivity contribution in [2.75, 3.05) is 17.3 Å². The smallest absolute Gasteiger partial charge is 0.256 e. The molecule has 0 aliphatic heterocycles. The quantitative estimate of drug-likeness (QED) is 0.850. The minimum absolute atomic E-state index is 0.212. The number of carbonyl (C=O) groups is 2. The number of carbonyl (C=O) groups excluding carboxylic acids is 2. The first kappa shape index (κ1) is 16.0. The maximum absolute atomic E-state index is 12.1. The third-order valence-corrected chi connectivity index (χ3v) is 3.83. The van der Waals surface area contributed by atoms with Gasteiger partial charge in [0.2, 0.25) is 5.91 Å². The monoisotopic (exact) mass is 362 g/mol. The van der Waals surface area contributed by atoms with E-state index < -0.39 is 0 Å². The minimum Gasteiger partial charge on any atom is -0.312 e. The first-order valence-electron chi connectivity index (χ1n) is 6.43. The van der Waals surface area contributed by atoms with Crippen LogP contribution in [-0.4, -0.2) is 28.6 Å². The molecule has 1 aromatic heterocycles. The molecule has 0 atom stereocenters. The summed E-state index contributed by atoms with van der Waals surface area (Å²) in [6.45, 7) is 3.44. The number of likely N-dealkylation sites (N-methyl/N-ethyl adjacent to an activating group) is 1. The molecule has 0 unspecified atom stereocenters. The SMILES string of the molecule is C=CC(=O)N(C)c1ccc(C(=O)Nc2cc(Br)n(C)n2)cc1. The van der Waals surface area contributed by atoms with Crippen LogP contribution >= 0.6 is 15.9 Å². The molecule has 0 saturated heterocycles. The summed E-state index contributed by atoms with van der Waals surface area (Å²) in [4.78, 5) is 25.1. The summed E-state index contributed by atoms with van der Waals surface area (Å²) >= 11 is 3.31. The van der Waals surface area contributed by atoms with Crippen LogP contribution in [0.3, 0.4) is 0 Å². The van der Waals surface area contributed by atoms with Crippen LogP contribution in [0.15, 0.2) is 47.6 Å². The van der Waals surface area contributed by atoms with Crippen molar-refractivity contribution in [2.24, 2.45) is 7.05 Å². The van der Waals surface area contributed by atoms with Crippen LogP contribution in [0.2, 0.25) is 0 Å². The molecule has 0 saturated carbocycles. The van der Waals surface area contributed by atoms with Crippen molar-refractivity contribution in [2.45, 2.75) is 0 Å². The van der Waals surface area contributed by atoms with E-state index in [0.29, 0.717) is 17.1 Å². The average Bonchev–Trinajstić information content (AvgIpc) is 2.83. The van der Waals surface area contributed by atoms with Gasteiger partial charge in [-0.2, -0.15) is 5.10 Å². The summed E-state index contributed by atoms with van der Waals surface area (Å²) in [6.07, 6.45) is 1.24. The van der Waals surface area contributed by atoms with E-state index in [1.165, 1.54) is 11.0 Å². The van der Waals surface area contributed by atoms with Crippen molar-refractivity contribution in [3.8, 4) is 0 Å². The highest BCUT2D eigenvalue weighted by molar-refractivity contribution is 9.10. The molecule has 0 fully saturated rings. The maximum Gasteiger partial charge on any atom is 0.256 e. The van der Waals surface area contributed by atoms with Gasteiger partial charge in [0.15, 0.2) is 5.82 Å². The van der Waals surface area contributed by atoms with E-state index in [4.69, 9.17) is 0 Å². The van der Waals surface area contributed by atoms with Crippen LogP contribution in [0.5, 0.6) is 0 Å². The summed E-state index contributed by atoms with van der Waals surface area (Å²) in [5.74, 6) is -0.0206. The Balaban J connectivity index is 2.11. The van der Waals surface area contributed by atoms with Gasteiger partial charge in [0, 0.05) is 31.4 Å². The zero-order valence-corrected chi connectivity index (χ0v) is 13.8. The van der Waals surface area contributed by atoms with Crippen molar-refractivity contribution in [3.05, 3.63) is 53.2 Å². The lowest BCUT2D eigenvalue weighted by molar-refractivity contribution is -0.113. The van der Waals surface area contributed by atoms with Gasteiger partial charge in [-0.3, -0.25) is 14.3 Å². The number of hydrogen-bond donors (Lipinski definition) is 1. The lowest BCUT2D eigenvalue weighted by Crippen LogP contribution is -2.23. The zero-order chi connectivity index (χ0) is 16.3. The molecule has 2 amide bonds. The van der Waals surface area contributed by atoms with Gasteiger partial charge >= 0.3 is 0 Å². The van der Waals surface area contributed by atoms with Gasteiger partial charge in [0.1, 0.15) is 4.60 Å². The van der Waals surface area contributed by atoms with Gasteiger partial charge < -0.3 is 10.2 Å². The van der Waals surface area contributed by atoms with Gasteiger partial charge in [-0.05, 0) is 46.3 Å². The molecule has 22 heavy (non-hydrogen) atoms. The molecule has 0 spiro atoms. The number of rotatable bonds is 4. The van der Waals surface area contributed by atoms with E-state index >= 15 is 0 Å². The highest BCUT2D eigenvalue weighted by Gasteiger charge is 2.11. The van der Waals surface area contributed by atoms with Gasteiger partial charge in [-0.15, -0.1) is 0 Å². The Morgan fingerprint density at radius 2 is 2.00 bits per heavy atom. The minimum atomic E-state index is -0.269. The lowest BCUT2D eigenvalue weighted by Gasteiger charge is -2.15. The van der Waals surface area contributed by atoms with E-state index in [9.17, 15) is 9.59 Å². The Bertz CT molecular complexity index is 702. The fourth-order valence-corrected chi connectivity index (χ4v) is 2.09. The number of anilines is 2. The highest BCUT2D eigenvalue weighted by Crippen LogP contribution is 2.17. The van der Waals surface area contributed by atoms with E-state index in [0.717, 1.165) is 4.60 Å². The summed E-state index contributed by atoms with van der Waals surface area (Å²) in [7, 11) is 3.41. The molecule has 1 aromatic carbocycles. The standard InChI is InChI=1S/C15H15BrN4O2/c1-4-14(21)19(2)11-7-5-10(6-8-11)15(22)17-13-9-12(16)20(3)18-13/h4-9H,1H2,2-3H3,(H,17,18,22). The number of aryl methyl sites for hydroxylation is 1. The first-order chi connectivity index (χ1) is 10.4.